The topological polar surface area (TPSA) is 85.8 Å². The van der Waals surface area contributed by atoms with Crippen LogP contribution in [0.15, 0.2) is 96.2 Å². The summed E-state index contributed by atoms with van der Waals surface area (Å²) in [6.07, 6.45) is 8.10. The van der Waals surface area contributed by atoms with Crippen LogP contribution in [0.2, 0.25) is 0 Å². The van der Waals surface area contributed by atoms with Crippen LogP contribution in [-0.2, 0) is 0 Å². The number of nitrogens with zero attached hydrogens (tertiary/aromatic N) is 4. The summed E-state index contributed by atoms with van der Waals surface area (Å²) in [5.74, 6) is 0.438. The van der Waals surface area contributed by atoms with Gasteiger partial charge in [0, 0.05) is 18.0 Å². The number of anilines is 1. The van der Waals surface area contributed by atoms with Gasteiger partial charge in [0.2, 0.25) is 5.89 Å². The normalized spacial score (nSPS) is 10.8. The molecule has 0 bridgehead atoms. The SMILES string of the molecule is O=C(Nc1ccc(-n2ccnc2)nc1)c1ccccc1-c1ncc(-c2ccccc2F)o1. The number of rotatable bonds is 5. The average molecular weight is 425 g/mol. The number of aromatic nitrogens is 4. The Bertz CT molecular complexity index is 1380. The standard InChI is InChI=1S/C24H16FN5O2/c25-20-8-4-3-7-19(20)21-14-28-24(32-21)18-6-2-1-5-17(18)23(31)29-16-9-10-22(27-13-16)30-12-11-26-15-30/h1-15H,(H,29,31). The minimum Gasteiger partial charge on any atom is -0.436 e. The van der Waals surface area contributed by atoms with E-state index in [0.29, 0.717) is 28.2 Å². The molecule has 0 aliphatic rings. The van der Waals surface area contributed by atoms with E-state index in [4.69, 9.17) is 4.42 Å². The van der Waals surface area contributed by atoms with E-state index in [1.165, 1.54) is 12.3 Å². The van der Waals surface area contributed by atoms with Gasteiger partial charge in [0.25, 0.3) is 5.91 Å². The fourth-order valence-corrected chi connectivity index (χ4v) is 3.26. The van der Waals surface area contributed by atoms with Crippen molar-refractivity contribution in [1.29, 1.82) is 0 Å². The van der Waals surface area contributed by atoms with Crippen molar-refractivity contribution >= 4 is 11.6 Å². The lowest BCUT2D eigenvalue weighted by Gasteiger charge is -2.09. The van der Waals surface area contributed by atoms with Crippen LogP contribution in [-0.4, -0.2) is 25.4 Å². The summed E-state index contributed by atoms with van der Waals surface area (Å²) in [4.78, 5) is 25.6. The third-order valence-electron chi connectivity index (χ3n) is 4.82. The largest absolute Gasteiger partial charge is 0.436 e. The van der Waals surface area contributed by atoms with Crippen LogP contribution in [0.1, 0.15) is 10.4 Å². The number of hydrogen-bond donors (Lipinski definition) is 1. The molecule has 0 fully saturated rings. The van der Waals surface area contributed by atoms with E-state index < -0.39 is 5.82 Å². The molecule has 0 saturated heterocycles. The number of halogens is 1. The Morgan fingerprint density at radius 1 is 0.938 bits per heavy atom. The van der Waals surface area contributed by atoms with Crippen molar-refractivity contribution in [1.82, 2.24) is 19.5 Å². The van der Waals surface area contributed by atoms with E-state index >= 15 is 0 Å². The maximum absolute atomic E-state index is 14.1. The molecule has 1 amide bonds. The number of imidazole rings is 1. The van der Waals surface area contributed by atoms with Crippen LogP contribution in [0.3, 0.4) is 0 Å². The molecule has 1 N–H and O–H groups in total. The second kappa shape index (κ2) is 8.27. The van der Waals surface area contributed by atoms with Gasteiger partial charge in [0.15, 0.2) is 5.76 Å². The van der Waals surface area contributed by atoms with Gasteiger partial charge in [-0.3, -0.25) is 9.36 Å². The number of oxazole rings is 1. The fourth-order valence-electron chi connectivity index (χ4n) is 3.26. The van der Waals surface area contributed by atoms with E-state index in [1.54, 1.807) is 84.1 Å². The Hall–Kier alpha value is -4.59. The Morgan fingerprint density at radius 2 is 1.75 bits per heavy atom. The van der Waals surface area contributed by atoms with Crippen molar-refractivity contribution in [3.05, 3.63) is 103 Å². The molecule has 7 nitrogen and oxygen atoms in total. The molecule has 0 unspecified atom stereocenters. The molecule has 0 radical (unpaired) electrons. The monoisotopic (exact) mass is 425 g/mol. The summed E-state index contributed by atoms with van der Waals surface area (Å²) in [6, 6.07) is 16.7. The van der Waals surface area contributed by atoms with Crippen LogP contribution in [0.25, 0.3) is 28.6 Å². The molecule has 3 aromatic heterocycles. The molecule has 156 valence electrons. The zero-order valence-electron chi connectivity index (χ0n) is 16.6. The highest BCUT2D eigenvalue weighted by Crippen LogP contribution is 2.29. The van der Waals surface area contributed by atoms with Crippen molar-refractivity contribution < 1.29 is 13.6 Å². The fraction of sp³-hybridized carbons (Fsp3) is 0. The van der Waals surface area contributed by atoms with Crippen molar-refractivity contribution in [2.24, 2.45) is 0 Å². The lowest BCUT2D eigenvalue weighted by molar-refractivity contribution is 0.102. The molecule has 3 heterocycles. The lowest BCUT2D eigenvalue weighted by Crippen LogP contribution is -2.13. The van der Waals surface area contributed by atoms with E-state index in [9.17, 15) is 9.18 Å². The van der Waals surface area contributed by atoms with Crippen molar-refractivity contribution in [3.63, 3.8) is 0 Å². The van der Waals surface area contributed by atoms with Gasteiger partial charge in [-0.25, -0.2) is 19.3 Å². The van der Waals surface area contributed by atoms with Gasteiger partial charge in [-0.05, 0) is 36.4 Å². The highest BCUT2D eigenvalue weighted by Gasteiger charge is 2.18. The van der Waals surface area contributed by atoms with Crippen molar-refractivity contribution in [2.75, 3.05) is 5.32 Å². The van der Waals surface area contributed by atoms with Crippen LogP contribution in [0.5, 0.6) is 0 Å². The quantitative estimate of drug-likeness (QED) is 0.429. The number of nitrogens with one attached hydrogen (secondary N) is 1. The molecule has 0 aliphatic heterocycles. The van der Waals surface area contributed by atoms with Gasteiger partial charge < -0.3 is 9.73 Å². The van der Waals surface area contributed by atoms with E-state index in [1.807, 2.05) is 0 Å². The van der Waals surface area contributed by atoms with Crippen molar-refractivity contribution in [3.8, 4) is 28.6 Å². The third kappa shape index (κ3) is 3.77. The Morgan fingerprint density at radius 3 is 2.50 bits per heavy atom. The summed E-state index contributed by atoms with van der Waals surface area (Å²) in [7, 11) is 0. The molecule has 32 heavy (non-hydrogen) atoms. The molecule has 8 heteroatoms. The Labute approximate surface area is 182 Å². The summed E-state index contributed by atoms with van der Waals surface area (Å²) in [6.45, 7) is 0. The molecule has 0 aliphatic carbocycles. The van der Waals surface area contributed by atoms with Gasteiger partial charge in [-0.1, -0.05) is 24.3 Å². The molecule has 0 saturated carbocycles. The average Bonchev–Trinajstić information content (AvgIpc) is 3.53. The second-order valence-electron chi connectivity index (χ2n) is 6.88. The van der Waals surface area contributed by atoms with Crippen LogP contribution in [0, 0.1) is 5.82 Å². The molecule has 0 atom stereocenters. The predicted molar refractivity (Wildman–Crippen MR) is 117 cm³/mol. The second-order valence-corrected chi connectivity index (χ2v) is 6.88. The lowest BCUT2D eigenvalue weighted by atomic mass is 10.1. The van der Waals surface area contributed by atoms with E-state index in [-0.39, 0.29) is 17.6 Å². The number of benzene rings is 2. The number of carbonyl (C=O) groups excluding carboxylic acids is 1. The molecular formula is C24H16FN5O2. The van der Waals surface area contributed by atoms with Crippen LogP contribution in [0.4, 0.5) is 10.1 Å². The zero-order valence-corrected chi connectivity index (χ0v) is 16.6. The number of carbonyl (C=O) groups is 1. The summed E-state index contributed by atoms with van der Waals surface area (Å²) in [5.41, 5.74) is 1.70. The van der Waals surface area contributed by atoms with E-state index in [0.717, 1.165) is 0 Å². The number of pyridine rings is 1. The molecule has 5 aromatic rings. The zero-order chi connectivity index (χ0) is 21.9. The highest BCUT2D eigenvalue weighted by molar-refractivity contribution is 6.08. The van der Waals surface area contributed by atoms with Gasteiger partial charge in [-0.2, -0.15) is 0 Å². The van der Waals surface area contributed by atoms with Crippen molar-refractivity contribution in [2.45, 2.75) is 0 Å². The van der Waals surface area contributed by atoms with E-state index in [2.05, 4.69) is 20.3 Å². The summed E-state index contributed by atoms with van der Waals surface area (Å²) in [5, 5.41) is 2.83. The van der Waals surface area contributed by atoms with Gasteiger partial charge >= 0.3 is 0 Å². The molecule has 0 spiro atoms. The molecule has 5 rings (SSSR count). The first-order valence-corrected chi connectivity index (χ1v) is 9.75. The molecule has 2 aromatic carbocycles. The Kier molecular flexibility index (Phi) is 5.01. The first-order valence-electron chi connectivity index (χ1n) is 9.75. The minimum atomic E-state index is -0.409. The van der Waals surface area contributed by atoms with Crippen LogP contribution < -0.4 is 5.32 Å². The Balaban J connectivity index is 1.40. The third-order valence-corrected chi connectivity index (χ3v) is 4.82. The maximum Gasteiger partial charge on any atom is 0.256 e. The highest BCUT2D eigenvalue weighted by atomic mass is 19.1. The van der Waals surface area contributed by atoms with Gasteiger partial charge in [0.05, 0.1) is 29.2 Å². The smallest absolute Gasteiger partial charge is 0.256 e. The summed E-state index contributed by atoms with van der Waals surface area (Å²) < 4.78 is 21.6. The minimum absolute atomic E-state index is 0.225. The molecular weight excluding hydrogens is 409 g/mol. The summed E-state index contributed by atoms with van der Waals surface area (Å²) >= 11 is 0. The van der Waals surface area contributed by atoms with Crippen LogP contribution >= 0.6 is 0 Å². The predicted octanol–water partition coefficient (Wildman–Crippen LogP) is 4.98. The maximum atomic E-state index is 14.1. The number of hydrogen-bond acceptors (Lipinski definition) is 5. The first-order chi connectivity index (χ1) is 15.7. The first kappa shape index (κ1) is 19.4. The number of amides is 1. The van der Waals surface area contributed by atoms with Gasteiger partial charge in [-0.15, -0.1) is 0 Å². The van der Waals surface area contributed by atoms with Gasteiger partial charge in [0.1, 0.15) is 18.0 Å².